The fourth-order valence-electron chi connectivity index (χ4n) is 5.16. The fraction of sp³-hybridized carbons (Fsp3) is 0.810. The average molecular weight is 392 g/mol. The van der Waals surface area contributed by atoms with Crippen LogP contribution in [0.25, 0.3) is 0 Å². The molecule has 1 amide bonds. The van der Waals surface area contributed by atoms with E-state index in [4.69, 9.17) is 4.74 Å². The summed E-state index contributed by atoms with van der Waals surface area (Å²) in [6.45, 7) is 12.4. The van der Waals surface area contributed by atoms with Crippen molar-refractivity contribution in [3.63, 3.8) is 0 Å². The molecule has 0 N–H and O–H groups in total. The lowest BCUT2D eigenvalue weighted by Gasteiger charge is -2.38. The lowest BCUT2D eigenvalue weighted by atomic mass is 9.76. The summed E-state index contributed by atoms with van der Waals surface area (Å²) in [6.07, 6.45) is 6.38. The molecular weight excluding hydrogens is 358 g/mol. The van der Waals surface area contributed by atoms with Crippen molar-refractivity contribution < 1.29 is 9.53 Å². The predicted molar refractivity (Wildman–Crippen MR) is 108 cm³/mol. The van der Waals surface area contributed by atoms with E-state index in [9.17, 15) is 4.79 Å². The normalized spacial score (nSPS) is 28.8. The molecule has 3 saturated heterocycles. The molecule has 1 spiro atoms. The Kier molecular flexibility index (Phi) is 5.59. The minimum Gasteiger partial charge on any atom is -0.376 e. The number of carbonyl (C=O) groups is 1. The van der Waals surface area contributed by atoms with Gasteiger partial charge in [0.1, 0.15) is 4.88 Å². The second kappa shape index (κ2) is 7.80. The third-order valence-electron chi connectivity index (χ3n) is 6.70. The number of carbonyl (C=O) groups excluding carboxylic acids is 1. The first-order valence-corrected chi connectivity index (χ1v) is 11.3. The lowest BCUT2D eigenvalue weighted by molar-refractivity contribution is 0.0403. The molecule has 3 fully saturated rings. The third-order valence-corrected chi connectivity index (χ3v) is 7.76. The number of thiazole rings is 1. The molecule has 4 rings (SSSR count). The van der Waals surface area contributed by atoms with Crippen molar-refractivity contribution in [2.45, 2.75) is 59.0 Å². The van der Waals surface area contributed by atoms with Crippen molar-refractivity contribution in [3.8, 4) is 0 Å². The van der Waals surface area contributed by atoms with E-state index in [1.54, 1.807) is 0 Å². The van der Waals surface area contributed by atoms with Crippen molar-refractivity contribution in [1.29, 1.82) is 0 Å². The number of ether oxygens (including phenoxy) is 1. The summed E-state index contributed by atoms with van der Waals surface area (Å²) in [5.41, 5.74) is 1.17. The van der Waals surface area contributed by atoms with E-state index in [-0.39, 0.29) is 5.91 Å². The molecule has 2 atom stereocenters. The number of aryl methyl sites for hydroxylation is 2. The molecule has 4 heterocycles. The smallest absolute Gasteiger partial charge is 0.265 e. The van der Waals surface area contributed by atoms with Crippen LogP contribution in [0, 0.1) is 25.2 Å². The first kappa shape index (κ1) is 19.3. The molecule has 3 aliphatic rings. The maximum atomic E-state index is 12.9. The van der Waals surface area contributed by atoms with Crippen LogP contribution in [-0.2, 0) is 4.74 Å². The standard InChI is InChI=1S/C21H33N3O2S/c1-15-5-4-8-23(12-15)13-18-11-21(14-26-18)6-9-24(10-7-21)20(25)19-16(2)22-17(3)27-19/h15,18H,4-14H2,1-3H3. The van der Waals surface area contributed by atoms with E-state index in [0.29, 0.717) is 11.5 Å². The van der Waals surface area contributed by atoms with Crippen LogP contribution >= 0.6 is 11.3 Å². The molecule has 1 aromatic rings. The Balaban J connectivity index is 1.30. The molecule has 27 heavy (non-hydrogen) atoms. The highest BCUT2D eigenvalue weighted by Crippen LogP contribution is 2.42. The summed E-state index contributed by atoms with van der Waals surface area (Å²) in [7, 11) is 0. The maximum absolute atomic E-state index is 12.9. The number of hydrogen-bond acceptors (Lipinski definition) is 5. The van der Waals surface area contributed by atoms with Gasteiger partial charge in [0.2, 0.25) is 0 Å². The van der Waals surface area contributed by atoms with Crippen LogP contribution in [0.3, 0.4) is 0 Å². The number of aromatic nitrogens is 1. The minimum atomic E-state index is 0.172. The van der Waals surface area contributed by atoms with E-state index in [2.05, 4.69) is 16.8 Å². The van der Waals surface area contributed by atoms with Gasteiger partial charge in [-0.2, -0.15) is 0 Å². The summed E-state index contributed by atoms with van der Waals surface area (Å²) >= 11 is 1.53. The highest BCUT2D eigenvalue weighted by molar-refractivity contribution is 7.13. The predicted octanol–water partition coefficient (Wildman–Crippen LogP) is 3.50. The van der Waals surface area contributed by atoms with Crippen molar-refractivity contribution in [3.05, 3.63) is 15.6 Å². The van der Waals surface area contributed by atoms with Crippen molar-refractivity contribution in [2.75, 3.05) is 39.3 Å². The summed E-state index contributed by atoms with van der Waals surface area (Å²) in [6, 6.07) is 0. The van der Waals surface area contributed by atoms with Crippen LogP contribution in [0.4, 0.5) is 0 Å². The molecular formula is C21H33N3O2S. The van der Waals surface area contributed by atoms with Gasteiger partial charge in [-0.3, -0.25) is 4.79 Å². The largest absolute Gasteiger partial charge is 0.376 e. The molecule has 0 saturated carbocycles. The van der Waals surface area contributed by atoms with Gasteiger partial charge in [0.05, 0.1) is 23.4 Å². The second-order valence-electron chi connectivity index (χ2n) is 9.08. The molecule has 1 aromatic heterocycles. The van der Waals surface area contributed by atoms with Crippen molar-refractivity contribution >= 4 is 17.2 Å². The molecule has 0 radical (unpaired) electrons. The van der Waals surface area contributed by atoms with Crippen molar-refractivity contribution in [1.82, 2.24) is 14.8 Å². The van der Waals surface area contributed by atoms with Crippen LogP contribution in [-0.4, -0.2) is 66.1 Å². The summed E-state index contributed by atoms with van der Waals surface area (Å²) in [5.74, 6) is 0.993. The highest BCUT2D eigenvalue weighted by Gasteiger charge is 2.43. The molecule has 5 nitrogen and oxygen atoms in total. The van der Waals surface area contributed by atoms with Gasteiger partial charge in [0.15, 0.2) is 0 Å². The number of hydrogen-bond donors (Lipinski definition) is 0. The fourth-order valence-corrected chi connectivity index (χ4v) is 6.05. The third kappa shape index (κ3) is 4.22. The Hall–Kier alpha value is -0.980. The SMILES string of the molecule is Cc1nc(C)c(C(=O)N2CCC3(CC2)COC(CN2CCCC(C)C2)C3)s1. The number of likely N-dealkylation sites (tertiary alicyclic amines) is 2. The molecule has 6 heteroatoms. The van der Waals surface area contributed by atoms with E-state index in [1.807, 2.05) is 18.7 Å². The number of amides is 1. The molecule has 0 aromatic carbocycles. The van der Waals surface area contributed by atoms with E-state index in [1.165, 1.54) is 43.7 Å². The summed E-state index contributed by atoms with van der Waals surface area (Å²) < 4.78 is 6.23. The van der Waals surface area contributed by atoms with Gasteiger partial charge in [-0.25, -0.2) is 4.98 Å². The van der Waals surface area contributed by atoms with E-state index in [0.717, 1.165) is 60.6 Å². The minimum absolute atomic E-state index is 0.172. The van der Waals surface area contributed by atoms with E-state index < -0.39 is 0 Å². The second-order valence-corrected chi connectivity index (χ2v) is 10.3. The van der Waals surface area contributed by atoms with Gasteiger partial charge in [0, 0.05) is 26.2 Å². The summed E-state index contributed by atoms with van der Waals surface area (Å²) in [4.78, 5) is 22.7. The van der Waals surface area contributed by atoms with Gasteiger partial charge in [0.25, 0.3) is 5.91 Å². The van der Waals surface area contributed by atoms with Crippen LogP contribution < -0.4 is 0 Å². The molecule has 150 valence electrons. The quantitative estimate of drug-likeness (QED) is 0.791. The lowest BCUT2D eigenvalue weighted by Crippen LogP contribution is -2.44. The van der Waals surface area contributed by atoms with Gasteiger partial charge >= 0.3 is 0 Å². The van der Waals surface area contributed by atoms with Crippen LogP contribution in [0.2, 0.25) is 0 Å². The molecule has 3 aliphatic heterocycles. The Bertz CT molecular complexity index is 681. The topological polar surface area (TPSA) is 45.7 Å². The van der Waals surface area contributed by atoms with Crippen molar-refractivity contribution in [2.24, 2.45) is 11.3 Å². The monoisotopic (exact) mass is 391 g/mol. The Morgan fingerprint density at radius 3 is 2.74 bits per heavy atom. The molecule has 0 aliphatic carbocycles. The number of rotatable bonds is 3. The van der Waals surface area contributed by atoms with Crippen LogP contribution in [0.1, 0.15) is 59.4 Å². The maximum Gasteiger partial charge on any atom is 0.265 e. The molecule has 0 bridgehead atoms. The van der Waals surface area contributed by atoms with Crippen LogP contribution in [0.5, 0.6) is 0 Å². The number of piperidine rings is 2. The van der Waals surface area contributed by atoms with Gasteiger partial charge in [-0.1, -0.05) is 6.92 Å². The molecule has 2 unspecified atom stereocenters. The zero-order valence-electron chi connectivity index (χ0n) is 17.0. The summed E-state index contributed by atoms with van der Waals surface area (Å²) in [5, 5.41) is 0.975. The van der Waals surface area contributed by atoms with Crippen LogP contribution in [0.15, 0.2) is 0 Å². The Morgan fingerprint density at radius 1 is 1.30 bits per heavy atom. The van der Waals surface area contributed by atoms with E-state index >= 15 is 0 Å². The Labute approximate surface area is 167 Å². The zero-order valence-corrected chi connectivity index (χ0v) is 17.8. The van der Waals surface area contributed by atoms with Gasteiger partial charge in [-0.05, 0) is 63.8 Å². The average Bonchev–Trinajstić information content (AvgIpc) is 3.18. The van der Waals surface area contributed by atoms with Gasteiger partial charge < -0.3 is 14.5 Å². The number of nitrogens with zero attached hydrogens (tertiary/aromatic N) is 3. The highest BCUT2D eigenvalue weighted by atomic mass is 32.1. The first-order valence-electron chi connectivity index (χ1n) is 10.5. The van der Waals surface area contributed by atoms with Gasteiger partial charge in [-0.15, -0.1) is 11.3 Å². The first-order chi connectivity index (χ1) is 12.9. The zero-order chi connectivity index (χ0) is 19.0. The Morgan fingerprint density at radius 2 is 2.07 bits per heavy atom.